The predicted octanol–water partition coefficient (Wildman–Crippen LogP) is 3.75. The highest BCUT2D eigenvalue weighted by molar-refractivity contribution is 6.05. The summed E-state index contributed by atoms with van der Waals surface area (Å²) in [6, 6.07) is 8.92. The van der Waals surface area contributed by atoms with E-state index in [4.69, 9.17) is 13.6 Å². The Kier molecular flexibility index (Phi) is 5.08. The van der Waals surface area contributed by atoms with Crippen LogP contribution in [0.1, 0.15) is 40.4 Å². The zero-order chi connectivity index (χ0) is 19.5. The number of hydrogen-bond donors (Lipinski definition) is 1. The average Bonchev–Trinajstić information content (AvgIpc) is 3.23. The van der Waals surface area contributed by atoms with Gasteiger partial charge in [-0.05, 0) is 43.5 Å². The molecule has 4 rings (SSSR count). The first-order valence-electron chi connectivity index (χ1n) is 9.14. The Hall–Kier alpha value is -3.19. The van der Waals surface area contributed by atoms with Crippen molar-refractivity contribution >= 4 is 11.6 Å². The van der Waals surface area contributed by atoms with Crippen LogP contribution >= 0.6 is 0 Å². The van der Waals surface area contributed by atoms with Crippen LogP contribution in [0.5, 0.6) is 0 Å². The molecule has 0 spiro atoms. The highest BCUT2D eigenvalue weighted by atomic mass is 16.5. The van der Waals surface area contributed by atoms with Crippen molar-refractivity contribution in [3.05, 3.63) is 70.2 Å². The molecule has 0 bridgehead atoms. The van der Waals surface area contributed by atoms with Gasteiger partial charge in [0.25, 0.3) is 5.91 Å². The molecule has 1 aromatic carbocycles. The van der Waals surface area contributed by atoms with Crippen LogP contribution in [0, 0.1) is 6.92 Å². The van der Waals surface area contributed by atoms with E-state index in [-0.39, 0.29) is 11.5 Å². The number of oxazole rings is 1. The summed E-state index contributed by atoms with van der Waals surface area (Å²) in [5, 5.41) is 2.76. The number of aryl methyl sites for hydroxylation is 1. The molecule has 1 aliphatic rings. The van der Waals surface area contributed by atoms with Gasteiger partial charge < -0.3 is 18.9 Å². The van der Waals surface area contributed by atoms with E-state index < -0.39 is 11.5 Å². The minimum atomic E-state index is -0.620. The van der Waals surface area contributed by atoms with Gasteiger partial charge in [0.05, 0.1) is 6.20 Å². The van der Waals surface area contributed by atoms with E-state index in [0.717, 1.165) is 18.4 Å². The van der Waals surface area contributed by atoms with Crippen LogP contribution in [0.3, 0.4) is 0 Å². The highest BCUT2D eigenvalue weighted by Crippen LogP contribution is 2.27. The van der Waals surface area contributed by atoms with E-state index in [1.54, 1.807) is 37.4 Å². The molecule has 3 aromatic rings. The van der Waals surface area contributed by atoms with Crippen LogP contribution in [0.25, 0.3) is 11.3 Å². The maximum absolute atomic E-state index is 12.7. The Balaban J connectivity index is 1.57. The molecule has 1 N–H and O–H groups in total. The number of ether oxygens (including phenoxy) is 1. The van der Waals surface area contributed by atoms with Crippen molar-refractivity contribution in [1.29, 1.82) is 0 Å². The van der Waals surface area contributed by atoms with Gasteiger partial charge in [0, 0.05) is 30.4 Å². The molecule has 1 aliphatic heterocycles. The lowest BCUT2D eigenvalue weighted by molar-refractivity contribution is 0.0796. The molecule has 0 radical (unpaired) electrons. The van der Waals surface area contributed by atoms with Crippen LogP contribution in [0.2, 0.25) is 0 Å². The summed E-state index contributed by atoms with van der Waals surface area (Å²) in [5.41, 5.74) is 1.31. The maximum atomic E-state index is 12.7. The molecule has 0 saturated carbocycles. The van der Waals surface area contributed by atoms with E-state index in [1.165, 1.54) is 6.39 Å². The number of aromatic nitrogens is 1. The molecule has 2 aromatic heterocycles. The van der Waals surface area contributed by atoms with Crippen molar-refractivity contribution in [1.82, 2.24) is 4.98 Å². The fraction of sp³-hybridized carbons (Fsp3) is 0.286. The number of anilines is 1. The molecule has 144 valence electrons. The normalized spacial score (nSPS) is 14.8. The third-order valence-electron chi connectivity index (χ3n) is 4.86. The number of carbonyl (C=O) groups is 1. The minimum Gasteiger partial charge on any atom is -0.444 e. The fourth-order valence-electron chi connectivity index (χ4n) is 3.39. The average molecular weight is 380 g/mol. The molecule has 0 aliphatic carbocycles. The summed E-state index contributed by atoms with van der Waals surface area (Å²) in [5.74, 6) is 0.859. The van der Waals surface area contributed by atoms with E-state index in [2.05, 4.69) is 10.3 Å². The number of hydrogen-bond acceptors (Lipinski definition) is 6. The molecule has 3 heterocycles. The summed E-state index contributed by atoms with van der Waals surface area (Å²) < 4.78 is 16.1. The van der Waals surface area contributed by atoms with E-state index in [9.17, 15) is 9.59 Å². The van der Waals surface area contributed by atoms with E-state index in [1.807, 2.05) is 6.07 Å². The maximum Gasteiger partial charge on any atom is 0.349 e. The standard InChI is InChI=1S/C21H20N2O5/c1-13-9-17(14-5-7-26-8-6-14)28-21(25)19(13)20(24)23-16-4-2-3-15(10-16)18-11-22-12-27-18/h2-4,9-12,14H,5-8H2,1H3,(H,23,24). The quantitative estimate of drug-likeness (QED) is 0.741. The van der Waals surface area contributed by atoms with E-state index in [0.29, 0.717) is 36.0 Å². The molecule has 0 unspecified atom stereocenters. The molecule has 28 heavy (non-hydrogen) atoms. The summed E-state index contributed by atoms with van der Waals surface area (Å²) in [6.45, 7) is 3.05. The second-order valence-corrected chi connectivity index (χ2v) is 6.78. The number of carbonyl (C=O) groups excluding carboxylic acids is 1. The van der Waals surface area contributed by atoms with Crippen molar-refractivity contribution in [3.8, 4) is 11.3 Å². The Morgan fingerprint density at radius 2 is 2.04 bits per heavy atom. The van der Waals surface area contributed by atoms with Gasteiger partial charge in [0.15, 0.2) is 12.2 Å². The fourth-order valence-corrected chi connectivity index (χ4v) is 3.39. The van der Waals surface area contributed by atoms with Gasteiger partial charge in [0.2, 0.25) is 0 Å². The van der Waals surface area contributed by atoms with Crippen LogP contribution in [-0.2, 0) is 4.74 Å². The van der Waals surface area contributed by atoms with Gasteiger partial charge >= 0.3 is 5.63 Å². The van der Waals surface area contributed by atoms with Crippen LogP contribution < -0.4 is 10.9 Å². The van der Waals surface area contributed by atoms with Gasteiger partial charge in [-0.1, -0.05) is 12.1 Å². The summed E-state index contributed by atoms with van der Waals surface area (Å²) in [6.07, 6.45) is 4.55. The van der Waals surface area contributed by atoms with Gasteiger partial charge in [-0.2, -0.15) is 0 Å². The summed E-state index contributed by atoms with van der Waals surface area (Å²) >= 11 is 0. The van der Waals surface area contributed by atoms with Gasteiger partial charge in [-0.25, -0.2) is 9.78 Å². The van der Waals surface area contributed by atoms with Crippen molar-refractivity contribution in [3.63, 3.8) is 0 Å². The second-order valence-electron chi connectivity index (χ2n) is 6.78. The molecular formula is C21H20N2O5. The number of benzene rings is 1. The minimum absolute atomic E-state index is 0.0147. The van der Waals surface area contributed by atoms with Gasteiger partial charge in [-0.15, -0.1) is 0 Å². The lowest BCUT2D eigenvalue weighted by Gasteiger charge is -2.21. The zero-order valence-electron chi connectivity index (χ0n) is 15.4. The summed E-state index contributed by atoms with van der Waals surface area (Å²) in [7, 11) is 0. The van der Waals surface area contributed by atoms with Gasteiger partial charge in [0.1, 0.15) is 11.3 Å². The number of rotatable bonds is 4. The highest BCUT2D eigenvalue weighted by Gasteiger charge is 2.23. The summed E-state index contributed by atoms with van der Waals surface area (Å²) in [4.78, 5) is 29.1. The Morgan fingerprint density at radius 1 is 1.21 bits per heavy atom. The smallest absolute Gasteiger partial charge is 0.349 e. The Bertz CT molecular complexity index is 1030. The lowest BCUT2D eigenvalue weighted by Crippen LogP contribution is -2.24. The molecule has 0 atom stereocenters. The van der Waals surface area contributed by atoms with Gasteiger partial charge in [-0.3, -0.25) is 4.79 Å². The predicted molar refractivity (Wildman–Crippen MR) is 102 cm³/mol. The first kappa shape index (κ1) is 18.2. The van der Waals surface area contributed by atoms with Crippen molar-refractivity contribution in [2.75, 3.05) is 18.5 Å². The molecule has 1 saturated heterocycles. The monoisotopic (exact) mass is 380 g/mol. The largest absolute Gasteiger partial charge is 0.444 e. The van der Waals surface area contributed by atoms with Crippen molar-refractivity contribution in [2.45, 2.75) is 25.7 Å². The lowest BCUT2D eigenvalue weighted by atomic mass is 9.95. The van der Waals surface area contributed by atoms with Crippen LogP contribution in [0.15, 0.2) is 56.6 Å². The molecule has 7 nitrogen and oxygen atoms in total. The first-order chi connectivity index (χ1) is 13.6. The Morgan fingerprint density at radius 3 is 2.75 bits per heavy atom. The molecule has 7 heteroatoms. The zero-order valence-corrected chi connectivity index (χ0v) is 15.4. The molecular weight excluding hydrogens is 360 g/mol. The third-order valence-corrected chi connectivity index (χ3v) is 4.86. The topological polar surface area (TPSA) is 94.6 Å². The number of nitrogens with one attached hydrogen (secondary N) is 1. The van der Waals surface area contributed by atoms with Crippen LogP contribution in [0.4, 0.5) is 5.69 Å². The number of nitrogens with zero attached hydrogens (tertiary/aromatic N) is 1. The first-order valence-corrected chi connectivity index (χ1v) is 9.14. The van der Waals surface area contributed by atoms with E-state index >= 15 is 0 Å². The Labute approximate surface area is 161 Å². The van der Waals surface area contributed by atoms with Crippen molar-refractivity contribution < 1.29 is 18.4 Å². The van der Waals surface area contributed by atoms with Crippen molar-refractivity contribution in [2.24, 2.45) is 0 Å². The molecule has 1 amide bonds. The SMILES string of the molecule is Cc1cc(C2CCOCC2)oc(=O)c1C(=O)Nc1cccc(-c2cnco2)c1. The third kappa shape index (κ3) is 3.75. The van der Waals surface area contributed by atoms with Crippen LogP contribution in [-0.4, -0.2) is 24.1 Å². The molecule has 1 fully saturated rings. The second kappa shape index (κ2) is 7.82. The number of amides is 1.